The van der Waals surface area contributed by atoms with Crippen LogP contribution in [-0.4, -0.2) is 58.4 Å². The minimum Gasteiger partial charge on any atom is -0.493 e. The van der Waals surface area contributed by atoms with E-state index in [0.717, 1.165) is 36.5 Å². The van der Waals surface area contributed by atoms with E-state index in [4.69, 9.17) is 4.74 Å². The summed E-state index contributed by atoms with van der Waals surface area (Å²) in [6.07, 6.45) is 5.35. The van der Waals surface area contributed by atoms with Crippen molar-refractivity contribution in [3.63, 3.8) is 0 Å². The molecular weight excluding hydrogens is 402 g/mol. The van der Waals surface area contributed by atoms with Gasteiger partial charge < -0.3 is 19.9 Å². The molecule has 1 spiro atoms. The van der Waals surface area contributed by atoms with Crippen LogP contribution in [0.25, 0.3) is 0 Å². The molecule has 2 heterocycles. The molecule has 1 N–H and O–H groups in total. The summed E-state index contributed by atoms with van der Waals surface area (Å²) < 4.78 is 7.57. The number of rotatable bonds is 8. The second kappa shape index (κ2) is 9.53. The molecule has 0 bridgehead atoms. The summed E-state index contributed by atoms with van der Waals surface area (Å²) in [4.78, 5) is 17.9. The van der Waals surface area contributed by atoms with Crippen LogP contribution in [-0.2, 0) is 20.1 Å². The summed E-state index contributed by atoms with van der Waals surface area (Å²) in [5, 5.41) is 7.71. The van der Waals surface area contributed by atoms with E-state index in [2.05, 4.69) is 36.2 Å². The zero-order valence-corrected chi connectivity index (χ0v) is 19.9. The average molecular weight is 440 g/mol. The molecule has 2 aliphatic rings. The highest BCUT2D eigenvalue weighted by Crippen LogP contribution is 2.54. The number of hydrogen-bond acceptors (Lipinski definition) is 4. The highest BCUT2D eigenvalue weighted by Gasteiger charge is 2.54. The van der Waals surface area contributed by atoms with Crippen LogP contribution < -0.4 is 10.1 Å². The number of ether oxygens (including phenoxy) is 1. The van der Waals surface area contributed by atoms with Crippen LogP contribution in [0, 0.1) is 11.3 Å². The number of piperidine rings is 1. The van der Waals surface area contributed by atoms with Crippen LogP contribution in [0.15, 0.2) is 36.5 Å². The van der Waals surface area contributed by atoms with Gasteiger partial charge in [0.2, 0.25) is 0 Å². The summed E-state index contributed by atoms with van der Waals surface area (Å²) in [5.74, 6) is 1.36. The first-order valence-electron chi connectivity index (χ1n) is 11.8. The number of amides is 2. The smallest absolute Gasteiger partial charge is 0.318 e. The van der Waals surface area contributed by atoms with E-state index in [9.17, 15) is 4.79 Å². The van der Waals surface area contributed by atoms with Gasteiger partial charge in [0, 0.05) is 37.8 Å². The molecule has 1 saturated carbocycles. The Morgan fingerprint density at radius 2 is 2.00 bits per heavy atom. The fourth-order valence-corrected chi connectivity index (χ4v) is 4.80. The molecule has 2 aromatic rings. The number of aromatic nitrogens is 2. The molecule has 1 aromatic heterocycles. The van der Waals surface area contributed by atoms with E-state index in [-0.39, 0.29) is 17.5 Å². The molecule has 7 nitrogen and oxygen atoms in total. The third-order valence-corrected chi connectivity index (χ3v) is 6.66. The van der Waals surface area contributed by atoms with Crippen molar-refractivity contribution in [3.05, 3.63) is 47.8 Å². The standard InChI is InChI=1S/C25H37N5O2/c1-19(2)17-32-22-7-5-20(6-8-22)15-26-24(31)30(16-21-9-14-29(4)27-21)23-10-13-28(3)18-25(23)11-12-25/h5-9,14,19,23H,10-13,15-18H2,1-4H3,(H,26,31)/t23-/m0/s1. The van der Waals surface area contributed by atoms with Gasteiger partial charge in [-0.15, -0.1) is 0 Å². The third-order valence-electron chi connectivity index (χ3n) is 6.66. The molecule has 0 radical (unpaired) electrons. The first-order chi connectivity index (χ1) is 15.3. The number of carbonyl (C=O) groups excluding carboxylic acids is 1. The molecule has 1 aliphatic carbocycles. The van der Waals surface area contributed by atoms with E-state index in [1.807, 2.05) is 48.5 Å². The number of nitrogens with one attached hydrogen (secondary N) is 1. The number of urea groups is 1. The number of benzene rings is 1. The second-order valence-electron chi connectivity index (χ2n) is 10.0. The summed E-state index contributed by atoms with van der Waals surface area (Å²) >= 11 is 0. The summed E-state index contributed by atoms with van der Waals surface area (Å²) in [6, 6.07) is 10.3. The van der Waals surface area contributed by atoms with Gasteiger partial charge >= 0.3 is 6.03 Å². The first-order valence-corrected chi connectivity index (χ1v) is 11.8. The van der Waals surface area contributed by atoms with Gasteiger partial charge in [-0.1, -0.05) is 26.0 Å². The van der Waals surface area contributed by atoms with Crippen LogP contribution in [0.5, 0.6) is 5.75 Å². The SMILES string of the molecule is CC(C)COc1ccc(CNC(=O)N(Cc2ccn(C)n2)[C@H]2CCN(C)CC23CC3)cc1. The van der Waals surface area contributed by atoms with Crippen LogP contribution >= 0.6 is 0 Å². The molecule has 1 saturated heterocycles. The normalized spacial score (nSPS) is 19.8. The van der Waals surface area contributed by atoms with Gasteiger partial charge in [0.05, 0.1) is 18.8 Å². The fraction of sp³-hybridized carbons (Fsp3) is 0.600. The summed E-state index contributed by atoms with van der Waals surface area (Å²) in [6.45, 7) is 8.12. The maximum atomic E-state index is 13.4. The van der Waals surface area contributed by atoms with Crippen molar-refractivity contribution >= 4 is 6.03 Å². The lowest BCUT2D eigenvalue weighted by Gasteiger charge is -2.43. The van der Waals surface area contributed by atoms with Gasteiger partial charge in [-0.3, -0.25) is 4.68 Å². The Morgan fingerprint density at radius 1 is 1.25 bits per heavy atom. The fourth-order valence-electron chi connectivity index (χ4n) is 4.80. The number of hydrogen-bond donors (Lipinski definition) is 1. The van der Waals surface area contributed by atoms with Crippen molar-refractivity contribution in [2.75, 3.05) is 26.7 Å². The van der Waals surface area contributed by atoms with E-state index >= 15 is 0 Å². The van der Waals surface area contributed by atoms with Crippen molar-refractivity contribution in [2.24, 2.45) is 18.4 Å². The molecule has 1 aromatic carbocycles. The Balaban J connectivity index is 1.42. The van der Waals surface area contributed by atoms with Gasteiger partial charge in [0.25, 0.3) is 0 Å². The van der Waals surface area contributed by atoms with Crippen LogP contribution in [0.3, 0.4) is 0 Å². The predicted molar refractivity (Wildman–Crippen MR) is 125 cm³/mol. The molecule has 7 heteroatoms. The molecule has 174 valence electrons. The molecule has 1 atom stereocenters. The van der Waals surface area contributed by atoms with Crippen LogP contribution in [0.4, 0.5) is 4.79 Å². The molecule has 2 amide bonds. The zero-order chi connectivity index (χ0) is 22.7. The van der Waals surface area contributed by atoms with Crippen LogP contribution in [0.1, 0.15) is 44.4 Å². The monoisotopic (exact) mass is 439 g/mol. The van der Waals surface area contributed by atoms with E-state index in [1.54, 1.807) is 4.68 Å². The maximum Gasteiger partial charge on any atom is 0.318 e. The maximum absolute atomic E-state index is 13.4. The van der Waals surface area contributed by atoms with E-state index in [0.29, 0.717) is 25.6 Å². The molecule has 1 aliphatic heterocycles. The number of aryl methyl sites for hydroxylation is 1. The predicted octanol–water partition coefficient (Wildman–Crippen LogP) is 3.65. The van der Waals surface area contributed by atoms with Gasteiger partial charge in [0.15, 0.2) is 0 Å². The van der Waals surface area contributed by atoms with Crippen molar-refractivity contribution in [3.8, 4) is 5.75 Å². The largest absolute Gasteiger partial charge is 0.493 e. The van der Waals surface area contributed by atoms with Crippen molar-refractivity contribution in [2.45, 2.75) is 52.2 Å². The molecule has 0 unspecified atom stereocenters. The molecular formula is C25H37N5O2. The Bertz CT molecular complexity index is 903. The topological polar surface area (TPSA) is 62.6 Å². The zero-order valence-electron chi connectivity index (χ0n) is 19.9. The van der Waals surface area contributed by atoms with Gasteiger partial charge in [-0.2, -0.15) is 5.10 Å². The number of nitrogens with zero attached hydrogens (tertiary/aromatic N) is 4. The Kier molecular flexibility index (Phi) is 6.74. The Morgan fingerprint density at radius 3 is 2.62 bits per heavy atom. The van der Waals surface area contributed by atoms with Crippen molar-refractivity contribution in [1.82, 2.24) is 24.9 Å². The third kappa shape index (κ3) is 5.44. The number of likely N-dealkylation sites (tertiary alicyclic amines) is 1. The first kappa shape index (κ1) is 22.6. The summed E-state index contributed by atoms with van der Waals surface area (Å²) in [5.41, 5.74) is 2.25. The minimum absolute atomic E-state index is 0.00313. The van der Waals surface area contributed by atoms with Gasteiger partial charge in [0.1, 0.15) is 5.75 Å². The highest BCUT2D eigenvalue weighted by atomic mass is 16.5. The van der Waals surface area contributed by atoms with Crippen molar-refractivity contribution < 1.29 is 9.53 Å². The molecule has 2 fully saturated rings. The summed E-state index contributed by atoms with van der Waals surface area (Å²) in [7, 11) is 4.11. The van der Waals surface area contributed by atoms with Gasteiger partial charge in [-0.25, -0.2) is 4.79 Å². The quantitative estimate of drug-likeness (QED) is 0.682. The Hall–Kier alpha value is -2.54. The average Bonchev–Trinajstić information content (AvgIpc) is 3.39. The second-order valence-corrected chi connectivity index (χ2v) is 10.0. The lowest BCUT2D eigenvalue weighted by molar-refractivity contribution is 0.0669. The minimum atomic E-state index is -0.00313. The molecule has 32 heavy (non-hydrogen) atoms. The van der Waals surface area contributed by atoms with E-state index in [1.165, 1.54) is 12.8 Å². The van der Waals surface area contributed by atoms with Crippen molar-refractivity contribution in [1.29, 1.82) is 0 Å². The lowest BCUT2D eigenvalue weighted by Crippen LogP contribution is -2.55. The van der Waals surface area contributed by atoms with E-state index < -0.39 is 0 Å². The van der Waals surface area contributed by atoms with Gasteiger partial charge in [-0.05, 0) is 62.5 Å². The number of carbonyl (C=O) groups is 1. The lowest BCUT2D eigenvalue weighted by atomic mass is 9.88. The highest BCUT2D eigenvalue weighted by molar-refractivity contribution is 5.74. The molecule has 4 rings (SSSR count). The van der Waals surface area contributed by atoms with Crippen LogP contribution in [0.2, 0.25) is 0 Å². The Labute approximate surface area is 191 Å².